The summed E-state index contributed by atoms with van der Waals surface area (Å²) in [5, 5.41) is 17.9. The van der Waals surface area contributed by atoms with Crippen LogP contribution in [0, 0.1) is 34.5 Å². The molecule has 0 saturated carbocycles. The van der Waals surface area contributed by atoms with Crippen molar-refractivity contribution in [1.82, 2.24) is 14.7 Å². The van der Waals surface area contributed by atoms with Crippen LogP contribution in [-0.2, 0) is 4.79 Å². The molecule has 2 aliphatic rings. The van der Waals surface area contributed by atoms with E-state index in [4.69, 9.17) is 5.26 Å². The van der Waals surface area contributed by atoms with E-state index in [2.05, 4.69) is 28.9 Å². The van der Waals surface area contributed by atoms with Crippen molar-refractivity contribution in [2.75, 3.05) is 45.8 Å². The zero-order valence-electron chi connectivity index (χ0n) is 14.2. The van der Waals surface area contributed by atoms with Gasteiger partial charge in [-0.3, -0.25) is 9.69 Å². The zero-order valence-corrected chi connectivity index (χ0v) is 14.2. The number of carbonyl (C=O) groups excluding carboxylic acids is 1. The molecule has 0 aliphatic carbocycles. The molecule has 3 atom stereocenters. The predicted octanol–water partition coefficient (Wildman–Crippen LogP) is 0.914. The van der Waals surface area contributed by atoms with Crippen LogP contribution in [0.2, 0.25) is 0 Å². The van der Waals surface area contributed by atoms with Gasteiger partial charge in [-0.1, -0.05) is 6.92 Å². The first-order valence-corrected chi connectivity index (χ1v) is 8.53. The molecule has 6 nitrogen and oxygen atoms in total. The van der Waals surface area contributed by atoms with Crippen molar-refractivity contribution in [2.45, 2.75) is 32.7 Å². The number of likely N-dealkylation sites (tertiary alicyclic amines) is 1. The van der Waals surface area contributed by atoms with E-state index in [0.29, 0.717) is 24.8 Å². The van der Waals surface area contributed by atoms with Crippen molar-refractivity contribution >= 4 is 5.91 Å². The highest BCUT2D eigenvalue weighted by molar-refractivity contribution is 5.73. The maximum absolute atomic E-state index is 11.4. The van der Waals surface area contributed by atoms with Crippen molar-refractivity contribution in [2.24, 2.45) is 11.8 Å². The molecule has 0 N–H and O–H groups in total. The highest BCUT2D eigenvalue weighted by Crippen LogP contribution is 2.24. The van der Waals surface area contributed by atoms with Crippen molar-refractivity contribution < 1.29 is 4.79 Å². The summed E-state index contributed by atoms with van der Waals surface area (Å²) in [7, 11) is 0. The van der Waals surface area contributed by atoms with Crippen LogP contribution in [-0.4, -0.2) is 72.5 Å². The monoisotopic (exact) mass is 317 g/mol. The number of nitrogens with zero attached hydrogens (tertiary/aromatic N) is 5. The van der Waals surface area contributed by atoms with Gasteiger partial charge in [0.1, 0.15) is 0 Å². The summed E-state index contributed by atoms with van der Waals surface area (Å²) in [5.41, 5.74) is 0. The van der Waals surface area contributed by atoms with Gasteiger partial charge in [0.25, 0.3) is 0 Å². The molecule has 2 rings (SSSR count). The first-order chi connectivity index (χ1) is 11.0. The summed E-state index contributed by atoms with van der Waals surface area (Å²) in [6.45, 7) is 10.2. The number of carbonyl (C=O) groups is 1. The molecule has 0 aromatic carbocycles. The minimum Gasteiger partial charge on any atom is -0.340 e. The average molecular weight is 317 g/mol. The molecule has 2 fully saturated rings. The normalized spacial score (nSPS) is 27.4. The van der Waals surface area contributed by atoms with Gasteiger partial charge in [0.15, 0.2) is 0 Å². The summed E-state index contributed by atoms with van der Waals surface area (Å²) in [6.07, 6.45) is 1.12. The molecular weight excluding hydrogens is 290 g/mol. The summed E-state index contributed by atoms with van der Waals surface area (Å²) >= 11 is 0. The Morgan fingerprint density at radius 1 is 1.22 bits per heavy atom. The summed E-state index contributed by atoms with van der Waals surface area (Å²) in [5.74, 6) is 0.699. The third-order valence-electron chi connectivity index (χ3n) is 5.14. The molecule has 1 amide bonds. The fraction of sp³-hybridized carbons (Fsp3) is 0.824. The van der Waals surface area contributed by atoms with Gasteiger partial charge in [-0.25, -0.2) is 0 Å². The van der Waals surface area contributed by atoms with Gasteiger partial charge in [-0.15, -0.1) is 0 Å². The number of nitriles is 2. The zero-order chi connectivity index (χ0) is 16.8. The van der Waals surface area contributed by atoms with Crippen LogP contribution in [0.25, 0.3) is 0 Å². The van der Waals surface area contributed by atoms with Crippen LogP contribution in [0.4, 0.5) is 0 Å². The Bertz CT molecular complexity index is 486. The second-order valence-corrected chi connectivity index (χ2v) is 6.83. The molecule has 0 aromatic heterocycles. The molecule has 0 radical (unpaired) electrons. The van der Waals surface area contributed by atoms with Crippen LogP contribution in [0.1, 0.15) is 26.7 Å². The van der Waals surface area contributed by atoms with Crippen LogP contribution < -0.4 is 0 Å². The van der Waals surface area contributed by atoms with Crippen LogP contribution >= 0.6 is 0 Å². The largest absolute Gasteiger partial charge is 0.340 e. The standard InChI is InChI=1S/C17H27N5O/c1-14-11-20(12-16(10-19)4-3-5-18)13-17(14)22-8-6-21(7-9-22)15(2)23/h14,16-17H,3-4,6-9,11-13H2,1-2H3. The van der Waals surface area contributed by atoms with Crippen molar-refractivity contribution in [3.8, 4) is 12.1 Å². The lowest BCUT2D eigenvalue weighted by atomic mass is 10.0. The van der Waals surface area contributed by atoms with Crippen LogP contribution in [0.5, 0.6) is 0 Å². The SMILES string of the molecule is CC(=O)N1CCN(C2CN(CC(C#N)CCC#N)CC2C)CC1. The predicted molar refractivity (Wildman–Crippen MR) is 87.2 cm³/mol. The Labute approximate surface area is 139 Å². The van der Waals surface area contributed by atoms with E-state index in [1.165, 1.54) is 0 Å². The average Bonchev–Trinajstić information content (AvgIpc) is 2.92. The molecule has 0 aromatic rings. The minimum atomic E-state index is -0.0461. The van der Waals surface area contributed by atoms with Crippen LogP contribution in [0.15, 0.2) is 0 Å². The van der Waals surface area contributed by atoms with Gasteiger partial charge < -0.3 is 9.80 Å². The summed E-state index contributed by atoms with van der Waals surface area (Å²) in [4.78, 5) is 18.2. The number of amides is 1. The first-order valence-electron chi connectivity index (χ1n) is 8.53. The van der Waals surface area contributed by atoms with E-state index in [0.717, 1.165) is 45.8 Å². The fourth-order valence-electron chi connectivity index (χ4n) is 3.79. The van der Waals surface area contributed by atoms with Gasteiger partial charge in [-0.2, -0.15) is 10.5 Å². The highest BCUT2D eigenvalue weighted by Gasteiger charge is 2.36. The molecule has 0 bridgehead atoms. The second kappa shape index (κ2) is 8.29. The number of hydrogen-bond acceptors (Lipinski definition) is 5. The second-order valence-electron chi connectivity index (χ2n) is 6.83. The van der Waals surface area contributed by atoms with E-state index in [1.807, 2.05) is 4.90 Å². The molecule has 2 saturated heterocycles. The van der Waals surface area contributed by atoms with Gasteiger partial charge >= 0.3 is 0 Å². The van der Waals surface area contributed by atoms with Gasteiger partial charge in [-0.05, 0) is 12.3 Å². The molecular formula is C17H27N5O. The molecule has 126 valence electrons. The molecule has 23 heavy (non-hydrogen) atoms. The quantitative estimate of drug-likeness (QED) is 0.753. The van der Waals surface area contributed by atoms with E-state index < -0.39 is 0 Å². The maximum Gasteiger partial charge on any atom is 0.219 e. The maximum atomic E-state index is 11.4. The van der Waals surface area contributed by atoms with E-state index in [9.17, 15) is 10.1 Å². The first kappa shape index (κ1) is 17.7. The van der Waals surface area contributed by atoms with Gasteiger partial charge in [0, 0.05) is 65.2 Å². The van der Waals surface area contributed by atoms with E-state index in [1.54, 1.807) is 6.92 Å². The molecule has 2 aliphatic heterocycles. The smallest absolute Gasteiger partial charge is 0.219 e. The Kier molecular flexibility index (Phi) is 6.38. The fourth-order valence-corrected chi connectivity index (χ4v) is 3.79. The third-order valence-corrected chi connectivity index (χ3v) is 5.14. The topological polar surface area (TPSA) is 74.4 Å². The Morgan fingerprint density at radius 3 is 2.48 bits per heavy atom. The molecule has 2 heterocycles. The Morgan fingerprint density at radius 2 is 1.91 bits per heavy atom. The number of piperazine rings is 1. The molecule has 3 unspecified atom stereocenters. The molecule has 0 spiro atoms. The lowest BCUT2D eigenvalue weighted by molar-refractivity contribution is -0.130. The summed E-state index contributed by atoms with van der Waals surface area (Å²) in [6, 6.07) is 4.98. The lowest BCUT2D eigenvalue weighted by Gasteiger charge is -2.39. The van der Waals surface area contributed by atoms with Gasteiger partial charge in [0.2, 0.25) is 5.91 Å². The minimum absolute atomic E-state index is 0.0461. The van der Waals surface area contributed by atoms with Gasteiger partial charge in [0.05, 0.1) is 18.1 Å². The Hall–Kier alpha value is -1.63. The van der Waals surface area contributed by atoms with Crippen molar-refractivity contribution in [3.63, 3.8) is 0 Å². The highest BCUT2D eigenvalue weighted by atomic mass is 16.2. The summed E-state index contributed by atoms with van der Waals surface area (Å²) < 4.78 is 0. The van der Waals surface area contributed by atoms with Crippen molar-refractivity contribution in [1.29, 1.82) is 10.5 Å². The molecule has 6 heteroatoms. The Balaban J connectivity index is 1.83. The van der Waals surface area contributed by atoms with E-state index >= 15 is 0 Å². The third kappa shape index (κ3) is 4.67. The van der Waals surface area contributed by atoms with Crippen molar-refractivity contribution in [3.05, 3.63) is 0 Å². The van der Waals surface area contributed by atoms with Crippen LogP contribution in [0.3, 0.4) is 0 Å². The lowest BCUT2D eigenvalue weighted by Crippen LogP contribution is -2.53. The number of hydrogen-bond donors (Lipinski definition) is 0. The van der Waals surface area contributed by atoms with E-state index in [-0.39, 0.29) is 11.8 Å². The number of rotatable bonds is 5.